The number of carbonyl (C=O) groups excluding carboxylic acids is 2. The van der Waals surface area contributed by atoms with Crippen LogP contribution in [0.3, 0.4) is 0 Å². The van der Waals surface area contributed by atoms with Crippen LogP contribution in [0.25, 0.3) is 6.08 Å². The molecule has 7 heteroatoms. The smallest absolute Gasteiger partial charge is 0.267 e. The fraction of sp³-hybridized carbons (Fsp3) is 0.0625. The van der Waals surface area contributed by atoms with Gasteiger partial charge in [-0.2, -0.15) is 5.01 Å². The van der Waals surface area contributed by atoms with Crippen LogP contribution in [0.4, 0.5) is 0 Å². The first-order valence-corrected chi connectivity index (χ1v) is 8.85. The van der Waals surface area contributed by atoms with Crippen molar-refractivity contribution in [3.8, 4) is 0 Å². The maximum Gasteiger partial charge on any atom is 0.285 e. The number of nitrogens with one attached hydrogen (secondary N) is 1. The minimum absolute atomic E-state index is 0.308. The van der Waals surface area contributed by atoms with Crippen molar-refractivity contribution in [2.24, 2.45) is 0 Å². The number of carbonyl (C=O) groups is 2. The Kier molecular flexibility index (Phi) is 4.61. The largest absolute Gasteiger partial charge is 0.285 e. The third kappa shape index (κ3) is 3.36. The fourth-order valence-corrected chi connectivity index (χ4v) is 4.07. The molecule has 2 heterocycles. The van der Waals surface area contributed by atoms with E-state index in [9.17, 15) is 9.59 Å². The van der Waals surface area contributed by atoms with Crippen LogP contribution in [0.15, 0.2) is 46.7 Å². The molecule has 1 aromatic carbocycles. The number of hydrogen-bond acceptors (Lipinski definition) is 5. The Labute approximate surface area is 147 Å². The molecule has 0 saturated carbocycles. The Balaban J connectivity index is 1.78. The van der Waals surface area contributed by atoms with Crippen LogP contribution in [0.5, 0.6) is 0 Å². The van der Waals surface area contributed by atoms with Crippen molar-refractivity contribution in [3.05, 3.63) is 62.7 Å². The predicted octanol–water partition coefficient (Wildman–Crippen LogP) is 3.60. The zero-order valence-electron chi connectivity index (χ0n) is 12.1. The molecular formula is C16H12N2O2S3. The molecule has 2 aromatic rings. The Morgan fingerprint density at radius 2 is 2.00 bits per heavy atom. The molecule has 1 aromatic heterocycles. The molecule has 0 atom stereocenters. The lowest BCUT2D eigenvalue weighted by Gasteiger charge is -2.15. The van der Waals surface area contributed by atoms with Gasteiger partial charge in [0.25, 0.3) is 11.8 Å². The van der Waals surface area contributed by atoms with Crippen molar-refractivity contribution in [3.63, 3.8) is 0 Å². The number of benzene rings is 1. The Morgan fingerprint density at radius 1 is 1.26 bits per heavy atom. The van der Waals surface area contributed by atoms with Crippen LogP contribution in [-0.4, -0.2) is 21.1 Å². The van der Waals surface area contributed by atoms with Gasteiger partial charge >= 0.3 is 0 Å². The molecule has 0 unspecified atom stereocenters. The van der Waals surface area contributed by atoms with E-state index in [0.29, 0.717) is 14.8 Å². The van der Waals surface area contributed by atoms with Gasteiger partial charge in [0.05, 0.1) is 4.91 Å². The molecule has 0 spiro atoms. The molecule has 3 rings (SSSR count). The zero-order valence-corrected chi connectivity index (χ0v) is 14.6. The van der Waals surface area contributed by atoms with Gasteiger partial charge in [-0.1, -0.05) is 30.0 Å². The van der Waals surface area contributed by atoms with Crippen molar-refractivity contribution in [1.29, 1.82) is 0 Å². The first-order chi connectivity index (χ1) is 11.1. The highest BCUT2D eigenvalue weighted by Gasteiger charge is 2.33. The maximum atomic E-state index is 12.5. The molecule has 116 valence electrons. The van der Waals surface area contributed by atoms with Gasteiger partial charge in [-0.05, 0) is 54.4 Å². The van der Waals surface area contributed by atoms with E-state index in [1.807, 2.05) is 30.5 Å². The summed E-state index contributed by atoms with van der Waals surface area (Å²) in [5.74, 6) is -0.674. The molecule has 0 radical (unpaired) electrons. The van der Waals surface area contributed by atoms with E-state index in [1.165, 1.54) is 11.8 Å². The Morgan fingerprint density at radius 3 is 2.65 bits per heavy atom. The van der Waals surface area contributed by atoms with Crippen molar-refractivity contribution in [2.45, 2.75) is 6.92 Å². The fourth-order valence-electron chi connectivity index (χ4n) is 1.97. The molecule has 0 aliphatic carbocycles. The summed E-state index contributed by atoms with van der Waals surface area (Å²) in [6, 6.07) is 10.7. The molecule has 0 bridgehead atoms. The van der Waals surface area contributed by atoms with Gasteiger partial charge in [0.15, 0.2) is 4.32 Å². The molecule has 1 fully saturated rings. The second-order valence-electron chi connectivity index (χ2n) is 4.79. The number of aryl methyl sites for hydroxylation is 1. The van der Waals surface area contributed by atoms with Crippen molar-refractivity contribution in [2.75, 3.05) is 0 Å². The van der Waals surface area contributed by atoms with Gasteiger partial charge in [0, 0.05) is 10.4 Å². The van der Waals surface area contributed by atoms with Crippen molar-refractivity contribution >= 4 is 57.5 Å². The molecule has 1 saturated heterocycles. The standard InChI is InChI=1S/C16H12N2O2S3/c1-10-7-8-22-12(10)9-13-15(20)18(16(21)23-13)17-14(19)11-5-3-2-4-6-11/h2-9H,1H3,(H,17,19). The van der Waals surface area contributed by atoms with E-state index >= 15 is 0 Å². The van der Waals surface area contributed by atoms with E-state index in [2.05, 4.69) is 5.43 Å². The summed E-state index contributed by atoms with van der Waals surface area (Å²) < 4.78 is 0.319. The van der Waals surface area contributed by atoms with Crippen LogP contribution in [0.1, 0.15) is 20.8 Å². The molecule has 23 heavy (non-hydrogen) atoms. The molecule has 2 amide bonds. The lowest BCUT2D eigenvalue weighted by atomic mass is 10.2. The quantitative estimate of drug-likeness (QED) is 0.671. The van der Waals surface area contributed by atoms with Gasteiger partial charge in [0.2, 0.25) is 0 Å². The minimum atomic E-state index is -0.365. The lowest BCUT2D eigenvalue weighted by Crippen LogP contribution is -2.44. The second-order valence-corrected chi connectivity index (χ2v) is 7.42. The van der Waals surface area contributed by atoms with Gasteiger partial charge in [-0.15, -0.1) is 11.3 Å². The van der Waals surface area contributed by atoms with Gasteiger partial charge in [-0.3, -0.25) is 15.0 Å². The lowest BCUT2D eigenvalue weighted by molar-refractivity contribution is -0.123. The number of thiocarbonyl (C=S) groups is 1. The molecule has 1 aliphatic heterocycles. The highest BCUT2D eigenvalue weighted by molar-refractivity contribution is 8.26. The van der Waals surface area contributed by atoms with Crippen molar-refractivity contribution in [1.82, 2.24) is 10.4 Å². The number of rotatable bonds is 3. The third-order valence-corrected chi connectivity index (χ3v) is 5.48. The van der Waals surface area contributed by atoms with Crippen LogP contribution >= 0.6 is 35.3 Å². The monoisotopic (exact) mass is 360 g/mol. The number of thiophene rings is 1. The molecular weight excluding hydrogens is 348 g/mol. The Hall–Kier alpha value is -1.96. The van der Waals surface area contributed by atoms with Crippen LogP contribution < -0.4 is 5.43 Å². The van der Waals surface area contributed by atoms with Crippen LogP contribution in [-0.2, 0) is 4.79 Å². The van der Waals surface area contributed by atoms with Crippen LogP contribution in [0, 0.1) is 6.92 Å². The number of amides is 2. The van der Waals surface area contributed by atoms with Gasteiger partial charge in [-0.25, -0.2) is 0 Å². The maximum absolute atomic E-state index is 12.5. The Bertz CT molecular complexity index is 812. The molecule has 4 nitrogen and oxygen atoms in total. The summed E-state index contributed by atoms with van der Waals surface area (Å²) in [7, 11) is 0. The molecule has 1 aliphatic rings. The average molecular weight is 360 g/mol. The number of thioether (sulfide) groups is 1. The van der Waals surface area contributed by atoms with Gasteiger partial charge < -0.3 is 0 Å². The summed E-state index contributed by atoms with van der Waals surface area (Å²) in [4.78, 5) is 26.2. The summed E-state index contributed by atoms with van der Waals surface area (Å²) in [6.45, 7) is 1.99. The number of hydrazine groups is 1. The van der Waals surface area contributed by atoms with E-state index in [1.54, 1.807) is 35.6 Å². The predicted molar refractivity (Wildman–Crippen MR) is 98.0 cm³/mol. The van der Waals surface area contributed by atoms with E-state index in [-0.39, 0.29) is 11.8 Å². The second kappa shape index (κ2) is 6.66. The number of nitrogens with zero attached hydrogens (tertiary/aromatic N) is 1. The molecule has 1 N–H and O–H groups in total. The van der Waals surface area contributed by atoms with E-state index < -0.39 is 0 Å². The normalized spacial score (nSPS) is 16.2. The summed E-state index contributed by atoms with van der Waals surface area (Å²) in [5, 5.41) is 3.10. The highest BCUT2D eigenvalue weighted by Crippen LogP contribution is 2.33. The van der Waals surface area contributed by atoms with Crippen molar-refractivity contribution < 1.29 is 9.59 Å². The van der Waals surface area contributed by atoms with Crippen LogP contribution in [0.2, 0.25) is 0 Å². The first kappa shape index (κ1) is 15.9. The summed E-state index contributed by atoms with van der Waals surface area (Å²) in [6.07, 6.45) is 1.81. The number of hydrogen-bond donors (Lipinski definition) is 1. The third-order valence-electron chi connectivity index (χ3n) is 3.21. The topological polar surface area (TPSA) is 49.4 Å². The minimum Gasteiger partial charge on any atom is -0.267 e. The zero-order chi connectivity index (χ0) is 16.4. The average Bonchev–Trinajstić information content (AvgIpc) is 3.07. The highest BCUT2D eigenvalue weighted by atomic mass is 32.2. The SMILES string of the molecule is Cc1ccsc1C=C1SC(=S)N(NC(=O)c2ccccc2)C1=O. The van der Waals surface area contributed by atoms with E-state index in [0.717, 1.165) is 15.4 Å². The summed E-state index contributed by atoms with van der Waals surface area (Å²) >= 11 is 7.95. The van der Waals surface area contributed by atoms with E-state index in [4.69, 9.17) is 12.2 Å². The first-order valence-electron chi connectivity index (χ1n) is 6.74. The van der Waals surface area contributed by atoms with Gasteiger partial charge in [0.1, 0.15) is 0 Å². The summed E-state index contributed by atoms with van der Waals surface area (Å²) in [5.41, 5.74) is 4.14.